The fourth-order valence-electron chi connectivity index (χ4n) is 3.63. The lowest BCUT2D eigenvalue weighted by atomic mass is 9.95. The molecule has 0 saturated carbocycles. The van der Waals surface area contributed by atoms with Crippen LogP contribution in [0.2, 0.25) is 0 Å². The second-order valence-electron chi connectivity index (χ2n) is 6.98. The van der Waals surface area contributed by atoms with Crippen LogP contribution >= 0.6 is 0 Å². The number of anilines is 1. The summed E-state index contributed by atoms with van der Waals surface area (Å²) >= 11 is 0. The van der Waals surface area contributed by atoms with Crippen LogP contribution in [0.3, 0.4) is 0 Å². The molecule has 1 fully saturated rings. The van der Waals surface area contributed by atoms with E-state index in [1.54, 1.807) is 48.5 Å². The largest absolute Gasteiger partial charge is 0.508 e. The first-order chi connectivity index (χ1) is 14.9. The van der Waals surface area contributed by atoms with Gasteiger partial charge in [0.25, 0.3) is 11.7 Å². The molecule has 1 amide bonds. The third-order valence-electron chi connectivity index (χ3n) is 5.16. The molecule has 0 bridgehead atoms. The van der Waals surface area contributed by atoms with Gasteiger partial charge < -0.3 is 20.1 Å². The van der Waals surface area contributed by atoms with E-state index < -0.39 is 17.7 Å². The number of aromatic hydroxyl groups is 2. The Hall–Kier alpha value is -4.26. The molecule has 1 saturated heterocycles. The first-order valence-corrected chi connectivity index (χ1v) is 9.44. The fraction of sp³-hybridized carbons (Fsp3) is 0.0833. The van der Waals surface area contributed by atoms with E-state index in [0.29, 0.717) is 16.9 Å². The van der Waals surface area contributed by atoms with Gasteiger partial charge in [-0.05, 0) is 54.1 Å². The number of Topliss-reactive ketones (excluding diaryl/α,β-unsaturated/α-hetero) is 1. The highest BCUT2D eigenvalue weighted by molar-refractivity contribution is 6.51. The Morgan fingerprint density at radius 3 is 2.16 bits per heavy atom. The molecular weight excluding hydrogens is 398 g/mol. The van der Waals surface area contributed by atoms with Gasteiger partial charge >= 0.3 is 0 Å². The highest BCUT2D eigenvalue weighted by Gasteiger charge is 2.47. The number of carbonyl (C=O) groups excluding carboxylic acids is 2. The summed E-state index contributed by atoms with van der Waals surface area (Å²) in [7, 11) is 1.51. The van der Waals surface area contributed by atoms with E-state index in [0.717, 1.165) is 4.90 Å². The Morgan fingerprint density at radius 1 is 0.903 bits per heavy atom. The third kappa shape index (κ3) is 3.46. The number of carbonyl (C=O) groups is 2. The lowest BCUT2D eigenvalue weighted by Gasteiger charge is -2.26. The highest BCUT2D eigenvalue weighted by atomic mass is 16.5. The predicted octanol–water partition coefficient (Wildman–Crippen LogP) is 3.73. The molecule has 0 spiro atoms. The van der Waals surface area contributed by atoms with Crippen molar-refractivity contribution in [2.24, 2.45) is 0 Å². The average Bonchev–Trinajstić information content (AvgIpc) is 3.05. The molecule has 3 aromatic rings. The number of ketones is 1. The number of rotatable bonds is 4. The summed E-state index contributed by atoms with van der Waals surface area (Å²) in [5.74, 6) is -1.71. The molecule has 1 aliphatic rings. The van der Waals surface area contributed by atoms with Crippen molar-refractivity contribution in [3.05, 3.63) is 89.5 Å². The second-order valence-corrected chi connectivity index (χ2v) is 6.98. The minimum absolute atomic E-state index is 0.0124. The molecule has 1 unspecified atom stereocenters. The first-order valence-electron chi connectivity index (χ1n) is 9.44. The Kier molecular flexibility index (Phi) is 5.09. The van der Waals surface area contributed by atoms with Gasteiger partial charge in [-0.3, -0.25) is 14.5 Å². The molecular formula is C24H19NO6. The minimum atomic E-state index is -1.00. The van der Waals surface area contributed by atoms with Crippen molar-refractivity contribution in [2.75, 3.05) is 12.0 Å². The quantitative estimate of drug-likeness (QED) is 0.339. The molecule has 0 aliphatic carbocycles. The van der Waals surface area contributed by atoms with Gasteiger partial charge in [-0.15, -0.1) is 0 Å². The number of phenolic OH excluding ortho intramolecular Hbond substituents is 2. The molecule has 0 radical (unpaired) electrons. The number of para-hydroxylation sites is 2. The van der Waals surface area contributed by atoms with E-state index in [9.17, 15) is 24.9 Å². The molecule has 0 aromatic heterocycles. The normalized spacial score (nSPS) is 17.7. The van der Waals surface area contributed by atoms with E-state index in [4.69, 9.17) is 4.74 Å². The summed E-state index contributed by atoms with van der Waals surface area (Å²) in [6.07, 6.45) is 0. The number of nitrogens with zero attached hydrogens (tertiary/aromatic N) is 1. The third-order valence-corrected chi connectivity index (χ3v) is 5.16. The SMILES string of the molecule is COc1ccc(/C(O)=C2\C(=O)C(=O)N(c3ccccc3O)C2c2ccc(O)cc2)cc1. The molecule has 7 nitrogen and oxygen atoms in total. The van der Waals surface area contributed by atoms with Gasteiger partial charge in [0.1, 0.15) is 23.0 Å². The zero-order chi connectivity index (χ0) is 22.1. The van der Waals surface area contributed by atoms with Crippen LogP contribution in [-0.4, -0.2) is 34.1 Å². The molecule has 3 N–H and O–H groups in total. The van der Waals surface area contributed by atoms with E-state index in [-0.39, 0.29) is 28.5 Å². The number of aliphatic hydroxyl groups excluding tert-OH is 1. The van der Waals surface area contributed by atoms with Gasteiger partial charge in [0.15, 0.2) is 0 Å². The maximum Gasteiger partial charge on any atom is 0.300 e. The minimum Gasteiger partial charge on any atom is -0.508 e. The summed E-state index contributed by atoms with van der Waals surface area (Å²) in [6, 6.07) is 17.5. The number of hydrogen-bond donors (Lipinski definition) is 3. The van der Waals surface area contributed by atoms with Crippen LogP contribution < -0.4 is 9.64 Å². The van der Waals surface area contributed by atoms with Crippen molar-refractivity contribution in [3.63, 3.8) is 0 Å². The standard InChI is InChI=1S/C24H19NO6/c1-31-17-12-8-15(9-13-17)22(28)20-21(14-6-10-16(26)11-7-14)25(24(30)23(20)29)18-4-2-3-5-19(18)27/h2-13,21,26-28H,1H3/b22-20+. The summed E-state index contributed by atoms with van der Waals surface area (Å²) in [5.41, 5.74) is 0.829. The van der Waals surface area contributed by atoms with E-state index in [1.807, 2.05) is 0 Å². The maximum absolute atomic E-state index is 13.0. The predicted molar refractivity (Wildman–Crippen MR) is 114 cm³/mol. The number of benzene rings is 3. The topological polar surface area (TPSA) is 107 Å². The molecule has 1 heterocycles. The number of ether oxygens (including phenoxy) is 1. The van der Waals surface area contributed by atoms with Crippen LogP contribution in [0.5, 0.6) is 17.2 Å². The number of methoxy groups -OCH3 is 1. The van der Waals surface area contributed by atoms with Crippen molar-refractivity contribution in [1.29, 1.82) is 0 Å². The van der Waals surface area contributed by atoms with E-state index >= 15 is 0 Å². The number of amides is 1. The van der Waals surface area contributed by atoms with Gasteiger partial charge in [0, 0.05) is 5.56 Å². The summed E-state index contributed by atoms with van der Waals surface area (Å²) in [4.78, 5) is 27.2. The van der Waals surface area contributed by atoms with Crippen LogP contribution in [-0.2, 0) is 9.59 Å². The van der Waals surface area contributed by atoms with E-state index in [2.05, 4.69) is 0 Å². The van der Waals surface area contributed by atoms with Crippen LogP contribution in [0.25, 0.3) is 5.76 Å². The average molecular weight is 417 g/mol. The van der Waals surface area contributed by atoms with Crippen molar-refractivity contribution in [3.8, 4) is 17.2 Å². The lowest BCUT2D eigenvalue weighted by Crippen LogP contribution is -2.29. The Morgan fingerprint density at radius 2 is 1.55 bits per heavy atom. The van der Waals surface area contributed by atoms with E-state index in [1.165, 1.54) is 31.4 Å². The maximum atomic E-state index is 13.0. The number of phenols is 2. The molecule has 31 heavy (non-hydrogen) atoms. The smallest absolute Gasteiger partial charge is 0.300 e. The highest BCUT2D eigenvalue weighted by Crippen LogP contribution is 2.44. The Balaban J connectivity index is 1.94. The van der Waals surface area contributed by atoms with Crippen LogP contribution in [0.4, 0.5) is 5.69 Å². The molecule has 7 heteroatoms. The summed E-state index contributed by atoms with van der Waals surface area (Å²) < 4.78 is 5.12. The molecule has 1 atom stereocenters. The van der Waals surface area contributed by atoms with Crippen LogP contribution in [0, 0.1) is 0 Å². The van der Waals surface area contributed by atoms with Crippen molar-refractivity contribution in [1.82, 2.24) is 0 Å². The van der Waals surface area contributed by atoms with Crippen molar-refractivity contribution >= 4 is 23.1 Å². The fourth-order valence-corrected chi connectivity index (χ4v) is 3.63. The number of hydrogen-bond acceptors (Lipinski definition) is 6. The summed E-state index contributed by atoms with van der Waals surface area (Å²) in [5, 5.41) is 31.0. The van der Waals surface area contributed by atoms with Gasteiger partial charge in [-0.1, -0.05) is 24.3 Å². The molecule has 3 aromatic carbocycles. The van der Waals surface area contributed by atoms with Gasteiger partial charge in [-0.25, -0.2) is 0 Å². The van der Waals surface area contributed by atoms with Gasteiger partial charge in [-0.2, -0.15) is 0 Å². The van der Waals surface area contributed by atoms with Crippen molar-refractivity contribution in [2.45, 2.75) is 6.04 Å². The van der Waals surface area contributed by atoms with Crippen molar-refractivity contribution < 1.29 is 29.6 Å². The van der Waals surface area contributed by atoms with Gasteiger partial charge in [0.2, 0.25) is 0 Å². The zero-order valence-electron chi connectivity index (χ0n) is 16.5. The second kappa shape index (κ2) is 7.87. The first kappa shape index (κ1) is 20.0. The Bertz CT molecular complexity index is 1180. The molecule has 1 aliphatic heterocycles. The number of aliphatic hydroxyl groups is 1. The summed E-state index contributed by atoms with van der Waals surface area (Å²) in [6.45, 7) is 0. The molecule has 4 rings (SSSR count). The Labute approximate surface area is 178 Å². The zero-order valence-corrected chi connectivity index (χ0v) is 16.5. The van der Waals surface area contributed by atoms with Crippen LogP contribution in [0.1, 0.15) is 17.2 Å². The molecule has 156 valence electrons. The monoisotopic (exact) mass is 417 g/mol. The lowest BCUT2D eigenvalue weighted by molar-refractivity contribution is -0.132. The van der Waals surface area contributed by atoms with Gasteiger partial charge in [0.05, 0.1) is 24.4 Å². The van der Waals surface area contributed by atoms with Crippen LogP contribution in [0.15, 0.2) is 78.4 Å².